The van der Waals surface area contributed by atoms with E-state index < -0.39 is 34.6 Å². The number of carbonyl (C=O) groups excluding carboxylic acids is 1. The van der Waals surface area contributed by atoms with Crippen LogP contribution in [0.1, 0.15) is 23.5 Å². The van der Waals surface area contributed by atoms with E-state index in [1.807, 2.05) is 0 Å². The molecule has 0 spiro atoms. The molecule has 10 heteroatoms. The van der Waals surface area contributed by atoms with Crippen LogP contribution in [-0.4, -0.2) is 49.7 Å². The number of methoxy groups -OCH3 is 4. The lowest BCUT2D eigenvalue weighted by Crippen LogP contribution is -2.14. The minimum atomic E-state index is -1.10. The summed E-state index contributed by atoms with van der Waals surface area (Å²) < 4.78 is 27.4. The average molecular weight is 523 g/mol. The molecule has 0 radical (unpaired) electrons. The first-order valence-electron chi connectivity index (χ1n) is 11.4. The largest absolute Gasteiger partial charge is 0.504 e. The van der Waals surface area contributed by atoms with Gasteiger partial charge >= 0.3 is 5.97 Å². The van der Waals surface area contributed by atoms with Crippen molar-refractivity contribution in [3.63, 3.8) is 0 Å². The Balaban J connectivity index is 2.14. The first kappa shape index (κ1) is 26.2. The van der Waals surface area contributed by atoms with Crippen molar-refractivity contribution >= 4 is 16.9 Å². The number of hydrogen-bond acceptors (Lipinski definition) is 10. The van der Waals surface area contributed by atoms with E-state index in [2.05, 4.69) is 0 Å². The van der Waals surface area contributed by atoms with Gasteiger partial charge in [-0.3, -0.25) is 9.59 Å². The van der Waals surface area contributed by atoms with Crippen molar-refractivity contribution < 1.29 is 43.5 Å². The lowest BCUT2D eigenvalue weighted by Gasteiger charge is -2.24. The van der Waals surface area contributed by atoms with Crippen LogP contribution in [0.25, 0.3) is 22.3 Å². The molecule has 1 aromatic heterocycles. The molecule has 3 N–H and O–H groups in total. The van der Waals surface area contributed by atoms with Gasteiger partial charge in [-0.05, 0) is 6.07 Å². The summed E-state index contributed by atoms with van der Waals surface area (Å²) in [6, 6.07) is 13.1. The van der Waals surface area contributed by atoms with Crippen LogP contribution in [0, 0.1) is 0 Å². The second kappa shape index (κ2) is 10.6. The SMILES string of the molecule is COC(=O)C[C@@H](c1ccc(OC)c(OC)c1OC)c1c(O)c(O)c(O)c2c(=O)cc(-c3ccccc3)oc12. The van der Waals surface area contributed by atoms with Gasteiger partial charge < -0.3 is 38.7 Å². The van der Waals surface area contributed by atoms with Crippen LogP contribution in [0.5, 0.6) is 34.5 Å². The number of esters is 1. The zero-order valence-corrected chi connectivity index (χ0v) is 21.1. The third-order valence-corrected chi connectivity index (χ3v) is 6.25. The summed E-state index contributed by atoms with van der Waals surface area (Å²) in [5.41, 5.74) is -0.158. The lowest BCUT2D eigenvalue weighted by molar-refractivity contribution is -0.140. The Morgan fingerprint density at radius 2 is 1.55 bits per heavy atom. The molecule has 0 saturated heterocycles. The molecular formula is C28H26O10. The highest BCUT2D eigenvalue weighted by molar-refractivity contribution is 5.94. The minimum Gasteiger partial charge on any atom is -0.504 e. The maximum atomic E-state index is 13.2. The highest BCUT2D eigenvalue weighted by atomic mass is 16.5. The van der Waals surface area contributed by atoms with E-state index in [-0.39, 0.29) is 40.2 Å². The quantitative estimate of drug-likeness (QED) is 0.226. The maximum absolute atomic E-state index is 13.2. The van der Waals surface area contributed by atoms with E-state index in [0.29, 0.717) is 16.9 Å². The molecule has 198 valence electrons. The first-order valence-corrected chi connectivity index (χ1v) is 11.4. The highest BCUT2D eigenvalue weighted by Crippen LogP contribution is 2.52. The third kappa shape index (κ3) is 4.40. The predicted octanol–water partition coefficient (Wildman–Crippen LogP) is 4.30. The van der Waals surface area contributed by atoms with Crippen molar-refractivity contribution in [3.05, 3.63) is 69.9 Å². The van der Waals surface area contributed by atoms with E-state index >= 15 is 0 Å². The van der Waals surface area contributed by atoms with Gasteiger partial charge in [0.1, 0.15) is 16.7 Å². The van der Waals surface area contributed by atoms with Crippen molar-refractivity contribution in [2.24, 2.45) is 0 Å². The molecule has 0 aliphatic heterocycles. The van der Waals surface area contributed by atoms with Crippen molar-refractivity contribution in [3.8, 4) is 45.8 Å². The standard InChI is InChI=1S/C28H26O10/c1-34-18-11-10-15(26(36-3)27(18)37-4)16(12-20(30)35-2)21-23(31)25(33)24(32)22-17(29)13-19(38-28(21)22)14-8-6-5-7-9-14/h5-11,13,16,31-33H,12H2,1-4H3/t16-/m0/s1. The topological polar surface area (TPSA) is 145 Å². The fraction of sp³-hybridized carbons (Fsp3) is 0.214. The summed E-state index contributed by atoms with van der Waals surface area (Å²) in [5.74, 6) is -3.49. The van der Waals surface area contributed by atoms with E-state index in [1.165, 1.54) is 34.5 Å². The monoisotopic (exact) mass is 522 g/mol. The van der Waals surface area contributed by atoms with Gasteiger partial charge in [-0.15, -0.1) is 0 Å². The Hall–Kier alpha value is -4.86. The highest BCUT2D eigenvalue weighted by Gasteiger charge is 2.34. The molecule has 0 unspecified atom stereocenters. The van der Waals surface area contributed by atoms with Crippen LogP contribution in [0.4, 0.5) is 0 Å². The number of fused-ring (bicyclic) bond motifs is 1. The van der Waals surface area contributed by atoms with Gasteiger partial charge in [0.15, 0.2) is 28.4 Å². The molecule has 1 heterocycles. The van der Waals surface area contributed by atoms with Gasteiger partial charge in [0.2, 0.25) is 11.5 Å². The number of ether oxygens (including phenoxy) is 4. The van der Waals surface area contributed by atoms with E-state index in [1.54, 1.807) is 42.5 Å². The molecule has 0 fully saturated rings. The Labute approximate surface area is 217 Å². The van der Waals surface area contributed by atoms with Gasteiger partial charge in [-0.25, -0.2) is 0 Å². The van der Waals surface area contributed by atoms with Gasteiger partial charge in [-0.2, -0.15) is 0 Å². The number of carbonyl (C=O) groups is 1. The number of hydrogen-bond donors (Lipinski definition) is 3. The Bertz CT molecular complexity index is 1560. The second-order valence-electron chi connectivity index (χ2n) is 8.26. The average Bonchev–Trinajstić information content (AvgIpc) is 2.94. The predicted molar refractivity (Wildman–Crippen MR) is 137 cm³/mol. The van der Waals surface area contributed by atoms with Crippen molar-refractivity contribution in [2.75, 3.05) is 28.4 Å². The summed E-state index contributed by atoms with van der Waals surface area (Å²) in [6.45, 7) is 0. The summed E-state index contributed by atoms with van der Waals surface area (Å²) in [4.78, 5) is 25.8. The van der Waals surface area contributed by atoms with E-state index in [9.17, 15) is 24.9 Å². The summed E-state index contributed by atoms with van der Waals surface area (Å²) in [5, 5.41) is 32.0. The first-order chi connectivity index (χ1) is 18.3. The molecule has 0 bridgehead atoms. The van der Waals surface area contributed by atoms with Crippen LogP contribution < -0.4 is 19.6 Å². The van der Waals surface area contributed by atoms with E-state index in [4.69, 9.17) is 23.4 Å². The van der Waals surface area contributed by atoms with Gasteiger partial charge in [-0.1, -0.05) is 36.4 Å². The number of phenolic OH excluding ortho intramolecular Hbond substituents is 3. The van der Waals surface area contributed by atoms with Crippen molar-refractivity contribution in [1.82, 2.24) is 0 Å². The van der Waals surface area contributed by atoms with Crippen LogP contribution in [0.3, 0.4) is 0 Å². The molecule has 4 rings (SSSR count). The lowest BCUT2D eigenvalue weighted by atomic mass is 9.85. The molecule has 10 nitrogen and oxygen atoms in total. The Kier molecular flexibility index (Phi) is 7.33. The molecule has 38 heavy (non-hydrogen) atoms. The molecule has 0 amide bonds. The molecule has 0 aliphatic carbocycles. The fourth-order valence-corrected chi connectivity index (χ4v) is 4.46. The van der Waals surface area contributed by atoms with Gasteiger partial charge in [0.25, 0.3) is 0 Å². The zero-order valence-electron chi connectivity index (χ0n) is 21.1. The number of aromatic hydroxyl groups is 3. The normalized spacial score (nSPS) is 11.7. The van der Waals surface area contributed by atoms with Crippen LogP contribution >= 0.6 is 0 Å². The van der Waals surface area contributed by atoms with Gasteiger partial charge in [0, 0.05) is 28.7 Å². The van der Waals surface area contributed by atoms with Crippen LogP contribution in [0.15, 0.2) is 57.7 Å². The minimum absolute atomic E-state index is 0.138. The summed E-state index contributed by atoms with van der Waals surface area (Å²) in [6.07, 6.45) is -0.367. The molecule has 3 aromatic carbocycles. The Morgan fingerprint density at radius 3 is 2.16 bits per heavy atom. The smallest absolute Gasteiger partial charge is 0.306 e. The number of benzene rings is 3. The van der Waals surface area contributed by atoms with Crippen LogP contribution in [0.2, 0.25) is 0 Å². The summed E-state index contributed by atoms with van der Waals surface area (Å²) >= 11 is 0. The van der Waals surface area contributed by atoms with E-state index in [0.717, 1.165) is 0 Å². The van der Waals surface area contributed by atoms with Crippen molar-refractivity contribution in [1.29, 1.82) is 0 Å². The third-order valence-electron chi connectivity index (χ3n) is 6.25. The number of rotatable bonds is 8. The number of phenols is 3. The molecule has 4 aromatic rings. The molecule has 0 aliphatic rings. The molecule has 1 atom stereocenters. The van der Waals surface area contributed by atoms with Crippen molar-refractivity contribution in [2.45, 2.75) is 12.3 Å². The summed E-state index contributed by atoms with van der Waals surface area (Å²) in [7, 11) is 5.44. The van der Waals surface area contributed by atoms with Crippen LogP contribution in [-0.2, 0) is 9.53 Å². The molecule has 0 saturated carbocycles. The second-order valence-corrected chi connectivity index (χ2v) is 8.26. The fourth-order valence-electron chi connectivity index (χ4n) is 4.46. The van der Waals surface area contributed by atoms with Gasteiger partial charge in [0.05, 0.1) is 34.9 Å². The Morgan fingerprint density at radius 1 is 0.868 bits per heavy atom. The zero-order chi connectivity index (χ0) is 27.6. The molecular weight excluding hydrogens is 496 g/mol. The maximum Gasteiger partial charge on any atom is 0.306 e.